The molecule has 4 atom stereocenters. The number of nitrogens with one attached hydrogen (secondary N) is 1. The fourth-order valence-electron chi connectivity index (χ4n) is 2.19. The lowest BCUT2D eigenvalue weighted by Crippen LogP contribution is -2.45. The highest BCUT2D eigenvalue weighted by molar-refractivity contribution is 5.89. The van der Waals surface area contributed by atoms with Crippen molar-refractivity contribution in [1.29, 1.82) is 0 Å². The quantitative estimate of drug-likeness (QED) is 0.610. The molecule has 0 aromatic heterocycles. The molecule has 0 radical (unpaired) electrons. The molecule has 0 aromatic rings. The Bertz CT molecular complexity index is 515. The van der Waals surface area contributed by atoms with E-state index in [9.17, 15) is 19.4 Å². The summed E-state index contributed by atoms with van der Waals surface area (Å²) in [6, 6.07) is 0. The van der Waals surface area contributed by atoms with E-state index in [1.807, 2.05) is 0 Å². The second-order valence-electron chi connectivity index (χ2n) is 4.52. The van der Waals surface area contributed by atoms with Crippen LogP contribution in [0.15, 0.2) is 43.1 Å². The van der Waals surface area contributed by atoms with Gasteiger partial charge in [0.25, 0.3) is 5.91 Å². The Kier molecular flexibility index (Phi) is 3.78. The summed E-state index contributed by atoms with van der Waals surface area (Å²) in [7, 11) is 0. The second-order valence-corrected chi connectivity index (χ2v) is 4.52. The van der Waals surface area contributed by atoms with Crippen molar-refractivity contribution in [3.8, 4) is 0 Å². The highest BCUT2D eigenvalue weighted by Crippen LogP contribution is 2.37. The minimum absolute atomic E-state index is 0.119. The number of carbonyl (C=O) groups excluding carboxylic acids is 1. The van der Waals surface area contributed by atoms with Crippen molar-refractivity contribution in [3.63, 3.8) is 0 Å². The molecular weight excluding hydrogens is 267 g/mol. The van der Waals surface area contributed by atoms with E-state index in [0.717, 1.165) is 0 Å². The van der Waals surface area contributed by atoms with Gasteiger partial charge in [-0.05, 0) is 6.08 Å². The molecule has 6 nitrogen and oxygen atoms in total. The fourth-order valence-corrected chi connectivity index (χ4v) is 2.19. The Morgan fingerprint density at radius 2 is 2.40 bits per heavy atom. The molecule has 0 saturated carbocycles. The molecule has 7 heteroatoms. The predicted molar refractivity (Wildman–Crippen MR) is 67.6 cm³/mol. The summed E-state index contributed by atoms with van der Waals surface area (Å²) in [5, 5.41) is 21.7. The molecule has 1 amide bonds. The molecule has 1 saturated heterocycles. The highest BCUT2D eigenvalue weighted by atomic mass is 19.1. The first kappa shape index (κ1) is 14.5. The first-order chi connectivity index (χ1) is 9.45. The van der Waals surface area contributed by atoms with E-state index in [2.05, 4.69) is 24.2 Å². The largest absolute Gasteiger partial charge is 0.393 e. The molecule has 108 valence electrons. The van der Waals surface area contributed by atoms with Gasteiger partial charge in [0.1, 0.15) is 17.5 Å². The second kappa shape index (κ2) is 5.22. The van der Waals surface area contributed by atoms with Crippen LogP contribution in [0.5, 0.6) is 0 Å². The Balaban J connectivity index is 2.31. The average molecular weight is 282 g/mol. The number of ether oxygens (including phenoxy) is 1. The highest BCUT2D eigenvalue weighted by Gasteiger charge is 2.56. The molecule has 20 heavy (non-hydrogen) atoms. The third-order valence-electron chi connectivity index (χ3n) is 3.25. The number of amides is 1. The monoisotopic (exact) mass is 282 g/mol. The van der Waals surface area contributed by atoms with Gasteiger partial charge >= 0.3 is 0 Å². The number of hydrogen-bond donors (Lipinski definition) is 3. The van der Waals surface area contributed by atoms with Crippen molar-refractivity contribution in [1.82, 2.24) is 10.2 Å². The maximum atomic E-state index is 14.3. The van der Waals surface area contributed by atoms with Crippen molar-refractivity contribution in [3.05, 3.63) is 43.1 Å². The SMILES string of the molecule is C=C=C[C@]1(CO)O[C@@H](N2C=CC(=O)NC2=C)[C@@H](F)[C@@H]1O. The molecule has 0 spiro atoms. The van der Waals surface area contributed by atoms with Gasteiger partial charge in [0.05, 0.1) is 6.61 Å². The summed E-state index contributed by atoms with van der Waals surface area (Å²) < 4.78 is 19.7. The van der Waals surface area contributed by atoms with Crippen molar-refractivity contribution in [2.75, 3.05) is 6.61 Å². The van der Waals surface area contributed by atoms with E-state index in [1.54, 1.807) is 0 Å². The van der Waals surface area contributed by atoms with Gasteiger partial charge in [-0.3, -0.25) is 4.79 Å². The van der Waals surface area contributed by atoms with Crippen LogP contribution in [0.4, 0.5) is 4.39 Å². The Morgan fingerprint density at radius 3 is 2.95 bits per heavy atom. The van der Waals surface area contributed by atoms with Gasteiger partial charge in [-0.2, -0.15) is 0 Å². The summed E-state index contributed by atoms with van der Waals surface area (Å²) in [4.78, 5) is 12.4. The zero-order chi connectivity index (χ0) is 14.9. The maximum Gasteiger partial charge on any atom is 0.250 e. The Labute approximate surface area is 115 Å². The summed E-state index contributed by atoms with van der Waals surface area (Å²) in [5.74, 6) is -0.270. The van der Waals surface area contributed by atoms with E-state index < -0.39 is 30.7 Å². The van der Waals surface area contributed by atoms with Gasteiger partial charge in [-0.15, -0.1) is 5.73 Å². The number of carbonyl (C=O) groups is 1. The zero-order valence-electron chi connectivity index (χ0n) is 10.6. The molecule has 2 rings (SSSR count). The number of aliphatic hydroxyl groups excluding tert-OH is 2. The van der Waals surface area contributed by atoms with Crippen LogP contribution in [-0.4, -0.2) is 51.7 Å². The summed E-state index contributed by atoms with van der Waals surface area (Å²) in [6.45, 7) is 6.28. The zero-order valence-corrected chi connectivity index (χ0v) is 10.6. The maximum absolute atomic E-state index is 14.3. The van der Waals surface area contributed by atoms with E-state index in [4.69, 9.17) is 4.74 Å². The van der Waals surface area contributed by atoms with Crippen LogP contribution in [-0.2, 0) is 9.53 Å². The van der Waals surface area contributed by atoms with E-state index in [-0.39, 0.29) is 11.7 Å². The Hall–Kier alpha value is -1.92. The fraction of sp³-hybridized carbons (Fsp3) is 0.385. The lowest BCUT2D eigenvalue weighted by molar-refractivity contribution is -0.121. The average Bonchev–Trinajstić information content (AvgIpc) is 2.65. The van der Waals surface area contributed by atoms with Crippen molar-refractivity contribution >= 4 is 5.91 Å². The smallest absolute Gasteiger partial charge is 0.250 e. The molecular formula is C13H15FN2O4. The summed E-state index contributed by atoms with van der Waals surface area (Å²) in [6.07, 6.45) is -0.977. The predicted octanol–water partition coefficient (Wildman–Crippen LogP) is -0.469. The van der Waals surface area contributed by atoms with Crippen LogP contribution in [0.3, 0.4) is 0 Å². The van der Waals surface area contributed by atoms with Crippen LogP contribution in [0, 0.1) is 0 Å². The number of alkyl halides is 1. The van der Waals surface area contributed by atoms with Crippen LogP contribution < -0.4 is 5.32 Å². The molecule has 1 fully saturated rings. The number of nitrogens with zero attached hydrogens (tertiary/aromatic N) is 1. The van der Waals surface area contributed by atoms with Crippen molar-refractivity contribution in [2.24, 2.45) is 0 Å². The third-order valence-corrected chi connectivity index (χ3v) is 3.25. The Morgan fingerprint density at radius 1 is 1.70 bits per heavy atom. The van der Waals surface area contributed by atoms with E-state index in [1.165, 1.54) is 23.3 Å². The number of hydrogen-bond acceptors (Lipinski definition) is 5. The molecule has 2 heterocycles. The first-order valence-corrected chi connectivity index (χ1v) is 5.89. The standard InChI is InChI=1S/C13H15FN2O4/c1-3-5-13(7-17)11(19)10(14)12(20-13)16-6-4-9(18)15-8(16)2/h4-6,10-12,17,19H,1-2,7H2,(H,15,18)/t10-,11-,12+,13+/m0/s1. The van der Waals surface area contributed by atoms with Crippen LogP contribution >= 0.6 is 0 Å². The van der Waals surface area contributed by atoms with Crippen molar-refractivity contribution in [2.45, 2.75) is 24.1 Å². The van der Waals surface area contributed by atoms with Gasteiger partial charge in [-0.1, -0.05) is 13.2 Å². The topological polar surface area (TPSA) is 82.0 Å². The van der Waals surface area contributed by atoms with Gasteiger partial charge < -0.3 is 25.2 Å². The number of aliphatic hydroxyl groups is 2. The van der Waals surface area contributed by atoms with Gasteiger partial charge in [-0.25, -0.2) is 4.39 Å². The van der Waals surface area contributed by atoms with E-state index >= 15 is 0 Å². The summed E-state index contributed by atoms with van der Waals surface area (Å²) >= 11 is 0. The molecule has 2 aliphatic heterocycles. The van der Waals surface area contributed by atoms with Crippen LogP contribution in [0.1, 0.15) is 0 Å². The number of rotatable bonds is 3. The van der Waals surface area contributed by atoms with Crippen LogP contribution in [0.25, 0.3) is 0 Å². The third kappa shape index (κ3) is 2.17. The van der Waals surface area contributed by atoms with Gasteiger partial charge in [0.15, 0.2) is 12.4 Å². The minimum atomic E-state index is -1.82. The molecule has 0 bridgehead atoms. The molecule has 0 aromatic carbocycles. The van der Waals surface area contributed by atoms with Crippen LogP contribution in [0.2, 0.25) is 0 Å². The van der Waals surface area contributed by atoms with Gasteiger partial charge in [0.2, 0.25) is 0 Å². The summed E-state index contributed by atoms with van der Waals surface area (Å²) in [5.41, 5.74) is 0.755. The normalized spacial score (nSPS) is 36.8. The minimum Gasteiger partial charge on any atom is -0.393 e. The lowest BCUT2D eigenvalue weighted by atomic mass is 9.96. The first-order valence-electron chi connectivity index (χ1n) is 5.89. The molecule has 0 aliphatic carbocycles. The van der Waals surface area contributed by atoms with Gasteiger partial charge in [0, 0.05) is 12.3 Å². The molecule has 2 aliphatic rings. The van der Waals surface area contributed by atoms with Crippen molar-refractivity contribution < 1.29 is 24.1 Å². The molecule has 3 N–H and O–H groups in total. The lowest BCUT2D eigenvalue weighted by Gasteiger charge is -2.32. The number of halogens is 1. The van der Waals surface area contributed by atoms with E-state index in [0.29, 0.717) is 0 Å². The molecule has 0 unspecified atom stereocenters.